The number of esters is 4. The zero-order chi connectivity index (χ0) is 48.3. The molecular weight excluding hydrogens is 872 g/mol. The highest BCUT2D eigenvalue weighted by Crippen LogP contribution is 2.64. The van der Waals surface area contributed by atoms with Crippen molar-refractivity contribution in [2.75, 3.05) is 6.61 Å². The number of ketones is 1. The zero-order valence-corrected chi connectivity index (χ0v) is 36.8. The van der Waals surface area contributed by atoms with Gasteiger partial charge in [-0.15, -0.1) is 0 Å². The average Bonchev–Trinajstić information content (AvgIpc) is 3.26. The summed E-state index contributed by atoms with van der Waals surface area (Å²) in [4.78, 5) is 83.6. The average molecular weight is 922 g/mol. The normalized spacial score (nSPS) is 30.9. The number of rotatable bonds is 10. The second kappa shape index (κ2) is 17.4. The Morgan fingerprint density at radius 1 is 0.848 bits per heavy atom. The van der Waals surface area contributed by atoms with Crippen molar-refractivity contribution in [1.82, 2.24) is 5.32 Å². The molecule has 4 N–H and O–H groups in total. The lowest BCUT2D eigenvalue weighted by molar-refractivity contribution is -0.346. The summed E-state index contributed by atoms with van der Waals surface area (Å²) in [7, 11) is 0. The largest absolute Gasteiger partial charge is 0.456 e. The summed E-state index contributed by atoms with van der Waals surface area (Å²) >= 11 is 0. The molecule has 3 fully saturated rings. The van der Waals surface area contributed by atoms with E-state index in [1.165, 1.54) is 52.0 Å². The van der Waals surface area contributed by atoms with Crippen LogP contribution in [-0.2, 0) is 49.0 Å². The maximum absolute atomic E-state index is 15.5. The fourth-order valence-corrected chi connectivity index (χ4v) is 10.4. The van der Waals surface area contributed by atoms with E-state index >= 15 is 4.79 Å². The quantitative estimate of drug-likeness (QED) is 0.123. The third kappa shape index (κ3) is 8.07. The lowest BCUT2D eigenvalue weighted by Crippen LogP contribution is -2.82. The molecule has 3 aromatic carbocycles. The number of fused-ring (bicyclic) bond motifs is 5. The van der Waals surface area contributed by atoms with Crippen LogP contribution in [0.3, 0.4) is 0 Å². The predicted octanol–water partition coefficient (Wildman–Crippen LogP) is 4.75. The van der Waals surface area contributed by atoms with Crippen LogP contribution < -0.4 is 5.32 Å². The fraction of sp³-hybridized carbons (Fsp3) is 0.458. The minimum atomic E-state index is -4.68. The smallest absolute Gasteiger partial charge is 0.416 e. The molecule has 1 amide bonds. The number of hydrogen-bond donors (Lipinski definition) is 4. The highest BCUT2D eigenvalue weighted by Gasteiger charge is 2.78. The molecule has 11 atom stereocenters. The van der Waals surface area contributed by atoms with Crippen LogP contribution in [0.1, 0.15) is 92.3 Å². The van der Waals surface area contributed by atoms with Gasteiger partial charge in [-0.3, -0.25) is 19.2 Å². The van der Waals surface area contributed by atoms with Crippen molar-refractivity contribution in [3.05, 3.63) is 118 Å². The van der Waals surface area contributed by atoms with Crippen LogP contribution in [0, 0.1) is 16.7 Å². The molecule has 0 spiro atoms. The topological polar surface area (TPSA) is 221 Å². The van der Waals surface area contributed by atoms with Crippen molar-refractivity contribution in [3.63, 3.8) is 0 Å². The van der Waals surface area contributed by atoms with Crippen LogP contribution >= 0.6 is 0 Å². The molecule has 0 aromatic heterocycles. The van der Waals surface area contributed by atoms with E-state index < -0.39 is 124 Å². The lowest BCUT2D eigenvalue weighted by atomic mass is 9.44. The van der Waals surface area contributed by atoms with Gasteiger partial charge >= 0.3 is 30.1 Å². The number of carbonyl (C=O) groups is 6. The number of Topliss-reactive ketones (excluding diaryl/α,β-unsaturated/α-hetero) is 1. The van der Waals surface area contributed by atoms with Gasteiger partial charge in [0.1, 0.15) is 23.9 Å². The fourth-order valence-electron chi connectivity index (χ4n) is 10.4. The molecule has 3 aliphatic carbocycles. The van der Waals surface area contributed by atoms with Crippen LogP contribution in [0.2, 0.25) is 0 Å². The number of halogens is 3. The monoisotopic (exact) mass is 921 g/mol. The third-order valence-electron chi connectivity index (χ3n) is 13.9. The Bertz CT molecular complexity index is 2440. The van der Waals surface area contributed by atoms with Crippen molar-refractivity contribution >= 4 is 35.6 Å². The minimum absolute atomic E-state index is 0.0187. The van der Waals surface area contributed by atoms with Crippen molar-refractivity contribution in [1.29, 1.82) is 0 Å². The number of benzene rings is 3. The van der Waals surface area contributed by atoms with Gasteiger partial charge in [0.15, 0.2) is 23.6 Å². The molecule has 3 aromatic rings. The molecule has 2 saturated carbocycles. The van der Waals surface area contributed by atoms with E-state index in [4.69, 9.17) is 23.7 Å². The Kier molecular flexibility index (Phi) is 12.6. The molecule has 1 saturated heterocycles. The van der Waals surface area contributed by atoms with E-state index in [-0.39, 0.29) is 40.9 Å². The molecule has 2 bridgehead atoms. The first kappa shape index (κ1) is 48.0. The Morgan fingerprint density at radius 2 is 1.45 bits per heavy atom. The second-order valence-electron chi connectivity index (χ2n) is 18.1. The summed E-state index contributed by atoms with van der Waals surface area (Å²) in [5.41, 5.74) is -9.21. The van der Waals surface area contributed by atoms with E-state index in [0.29, 0.717) is 12.1 Å². The molecule has 7 rings (SSSR count). The Balaban J connectivity index is 1.35. The molecule has 18 heteroatoms. The van der Waals surface area contributed by atoms with E-state index in [9.17, 15) is 52.5 Å². The Hall–Kier alpha value is -5.95. The summed E-state index contributed by atoms with van der Waals surface area (Å²) in [5.74, 6) is -7.64. The molecule has 0 radical (unpaired) electrons. The third-order valence-corrected chi connectivity index (χ3v) is 13.9. The van der Waals surface area contributed by atoms with Gasteiger partial charge in [0.05, 0.1) is 41.2 Å². The Labute approximate surface area is 377 Å². The van der Waals surface area contributed by atoms with Crippen LogP contribution in [0.25, 0.3) is 0 Å². The van der Waals surface area contributed by atoms with Crippen molar-refractivity contribution < 1.29 is 80.9 Å². The number of hydrogen-bond acceptors (Lipinski definition) is 14. The minimum Gasteiger partial charge on any atom is -0.456 e. The molecule has 66 heavy (non-hydrogen) atoms. The highest BCUT2D eigenvalue weighted by atomic mass is 19.4. The van der Waals surface area contributed by atoms with E-state index in [0.717, 1.165) is 26.0 Å². The predicted molar refractivity (Wildman–Crippen MR) is 223 cm³/mol. The molecule has 352 valence electrons. The Morgan fingerprint density at radius 3 is 2.00 bits per heavy atom. The first-order valence-corrected chi connectivity index (χ1v) is 21.2. The number of amides is 1. The summed E-state index contributed by atoms with van der Waals surface area (Å²) < 4.78 is 70.0. The molecule has 4 aliphatic rings. The summed E-state index contributed by atoms with van der Waals surface area (Å²) in [6.45, 7) is 7.60. The van der Waals surface area contributed by atoms with Gasteiger partial charge in [0.25, 0.3) is 5.91 Å². The molecule has 0 unspecified atom stereocenters. The van der Waals surface area contributed by atoms with Gasteiger partial charge in [-0.1, -0.05) is 62.4 Å². The number of aliphatic hydroxyl groups is 3. The highest BCUT2D eigenvalue weighted by molar-refractivity contribution is 5.96. The van der Waals surface area contributed by atoms with Crippen LogP contribution in [0.5, 0.6) is 0 Å². The maximum atomic E-state index is 15.5. The summed E-state index contributed by atoms with van der Waals surface area (Å²) in [5, 5.41) is 40.0. The SMILES string of the molecule is CC(=O)O[C@H]1C(=O)[C@@]2(C)[C@H]([C@H](OC(=O)c3ccccc3)[C@]3(O)C[C@H](OC(=O)[C@H](O)[C@@H](NC(=O)c4ccc(C(F)(F)F)cc4)c4ccccc4)C(C)=C1C3(C)C)[C@]1(OC(C)=O)CO[C@@H]1C[C@@H]2O. The first-order chi connectivity index (χ1) is 30.9. The summed E-state index contributed by atoms with van der Waals surface area (Å²) in [6, 6.07) is 17.0. The molecule has 15 nitrogen and oxygen atoms in total. The number of carbonyl (C=O) groups excluding carboxylic acids is 6. The van der Waals surface area contributed by atoms with E-state index in [2.05, 4.69) is 5.32 Å². The van der Waals surface area contributed by atoms with Gasteiger partial charge in [-0.2, -0.15) is 13.2 Å². The summed E-state index contributed by atoms with van der Waals surface area (Å²) in [6.07, 6.45) is -15.9. The second-order valence-corrected chi connectivity index (χ2v) is 18.1. The van der Waals surface area contributed by atoms with Crippen molar-refractivity contribution in [2.45, 2.75) is 114 Å². The van der Waals surface area contributed by atoms with Gasteiger partial charge < -0.3 is 44.3 Å². The van der Waals surface area contributed by atoms with Gasteiger partial charge in [-0.05, 0) is 67.0 Å². The van der Waals surface area contributed by atoms with E-state index in [1.54, 1.807) is 36.4 Å². The number of nitrogens with one attached hydrogen (secondary N) is 1. The number of aliphatic hydroxyl groups excluding tert-OH is 2. The van der Waals surface area contributed by atoms with Crippen LogP contribution in [0.4, 0.5) is 13.2 Å². The van der Waals surface area contributed by atoms with Crippen molar-refractivity contribution in [3.8, 4) is 0 Å². The maximum Gasteiger partial charge on any atom is 0.416 e. The van der Waals surface area contributed by atoms with Gasteiger partial charge in [0.2, 0.25) is 0 Å². The molecule has 1 aliphatic heterocycles. The zero-order valence-electron chi connectivity index (χ0n) is 36.8. The lowest BCUT2D eigenvalue weighted by Gasteiger charge is -2.67. The standard InChI is InChI=1S/C48H50F3NO14/c1-24-31(64-43(60)36(56)35(27-13-9-7-10-14-27)52-41(58)28-17-19-30(20-18-28)48(49,50)51)22-47(61)40(65-42(59)29-15-11-8-12-16-29)38-45(6,32(55)21-33-46(38,23-62-33)66-26(3)54)39(57)37(63-25(2)53)34(24)44(47,4)5/h7-20,31-33,35-38,40,55-56,61H,21-23H2,1-6H3,(H,52,58)/t31-,32-,33+,35-,36+,37+,38-,40-,45+,46-,47+/m0/s1. The number of ether oxygens (including phenoxy) is 5. The van der Waals surface area contributed by atoms with Gasteiger partial charge in [-0.25, -0.2) is 9.59 Å². The van der Waals surface area contributed by atoms with Crippen LogP contribution in [0.15, 0.2) is 96.1 Å². The molecule has 1 heterocycles. The van der Waals surface area contributed by atoms with E-state index in [1.807, 2.05) is 0 Å². The van der Waals surface area contributed by atoms with Crippen molar-refractivity contribution in [2.24, 2.45) is 16.7 Å². The number of alkyl halides is 3. The van der Waals surface area contributed by atoms with Crippen LogP contribution in [-0.4, -0.2) is 105 Å². The van der Waals surface area contributed by atoms with Gasteiger partial charge in [0, 0.05) is 37.7 Å². The first-order valence-electron chi connectivity index (χ1n) is 21.2. The molecular formula is C48H50F3NO14.